The van der Waals surface area contributed by atoms with Crippen molar-refractivity contribution in [2.24, 2.45) is 27.4 Å². The van der Waals surface area contributed by atoms with Crippen LogP contribution in [0.4, 0.5) is 5.69 Å². The van der Waals surface area contributed by atoms with Crippen LogP contribution in [0.5, 0.6) is 11.5 Å². The zero-order chi connectivity index (χ0) is 21.5. The second-order valence-corrected chi connectivity index (χ2v) is 7.64. The van der Waals surface area contributed by atoms with Gasteiger partial charge in [-0.1, -0.05) is 25.8 Å². The van der Waals surface area contributed by atoms with E-state index in [9.17, 15) is 0 Å². The number of hydrogen-bond donors (Lipinski definition) is 4. The van der Waals surface area contributed by atoms with Gasteiger partial charge in [0.2, 0.25) is 0 Å². The Morgan fingerprint density at radius 2 is 2.00 bits per heavy atom. The van der Waals surface area contributed by atoms with Gasteiger partial charge in [0, 0.05) is 18.8 Å². The lowest BCUT2D eigenvalue weighted by Gasteiger charge is -2.35. The van der Waals surface area contributed by atoms with Crippen molar-refractivity contribution < 1.29 is 9.47 Å². The molecule has 0 saturated carbocycles. The predicted octanol–water partition coefficient (Wildman–Crippen LogP) is 2.61. The van der Waals surface area contributed by atoms with E-state index in [1.807, 2.05) is 24.4 Å². The van der Waals surface area contributed by atoms with E-state index in [0.29, 0.717) is 25.6 Å². The van der Waals surface area contributed by atoms with Crippen molar-refractivity contribution in [1.82, 2.24) is 5.32 Å². The van der Waals surface area contributed by atoms with Crippen LogP contribution in [-0.2, 0) is 0 Å². The van der Waals surface area contributed by atoms with Gasteiger partial charge in [0.05, 0.1) is 24.8 Å². The van der Waals surface area contributed by atoms with Crippen LogP contribution in [0.25, 0.3) is 0 Å². The van der Waals surface area contributed by atoms with E-state index in [0.717, 1.165) is 47.6 Å². The predicted molar refractivity (Wildman–Crippen MR) is 122 cm³/mol. The molecule has 6 N–H and O–H groups in total. The van der Waals surface area contributed by atoms with E-state index >= 15 is 0 Å². The van der Waals surface area contributed by atoms with Gasteiger partial charge in [0.1, 0.15) is 23.5 Å². The van der Waals surface area contributed by atoms with Crippen molar-refractivity contribution in [2.75, 3.05) is 25.1 Å². The number of aliphatic imine (C=N–C) groups is 2. The van der Waals surface area contributed by atoms with Crippen molar-refractivity contribution in [1.29, 1.82) is 0 Å². The van der Waals surface area contributed by atoms with Gasteiger partial charge in [-0.15, -0.1) is 0 Å². The Morgan fingerprint density at radius 3 is 2.77 bits per heavy atom. The van der Waals surface area contributed by atoms with Gasteiger partial charge in [-0.3, -0.25) is 16.0 Å². The molecule has 30 heavy (non-hydrogen) atoms. The minimum Gasteiger partial charge on any atom is -0.494 e. The molecule has 3 rings (SSSR count). The van der Waals surface area contributed by atoms with E-state index in [2.05, 4.69) is 41.4 Å². The van der Waals surface area contributed by atoms with Crippen LogP contribution in [0.2, 0.25) is 0 Å². The van der Waals surface area contributed by atoms with Crippen molar-refractivity contribution in [3.8, 4) is 11.5 Å². The fourth-order valence-corrected chi connectivity index (χ4v) is 3.56. The van der Waals surface area contributed by atoms with E-state index in [1.54, 1.807) is 0 Å². The highest BCUT2D eigenvalue weighted by Gasteiger charge is 2.34. The summed E-state index contributed by atoms with van der Waals surface area (Å²) >= 11 is 0. The standard InChI is InChI=1S/C22H34N6O2/c1-4-6-10-29-16-7-8-18(30-9-5-2)17(11-16)25-12-15-13-26-21-19(14(15)3)20(23)27-22(24)28-21/h7-8,11,13,19,21-22,25,28H,4-6,9-10,12,24H2,1-3H3,(H2,23,27). The van der Waals surface area contributed by atoms with E-state index in [-0.39, 0.29) is 12.1 Å². The molecule has 3 unspecified atom stereocenters. The molecule has 0 aromatic heterocycles. The Bertz CT molecular complexity index is 820. The molecule has 0 bridgehead atoms. The van der Waals surface area contributed by atoms with Gasteiger partial charge in [-0.25, -0.2) is 4.99 Å². The van der Waals surface area contributed by atoms with E-state index in [4.69, 9.17) is 20.9 Å². The van der Waals surface area contributed by atoms with Crippen LogP contribution >= 0.6 is 0 Å². The molecule has 1 aromatic carbocycles. The Kier molecular flexibility index (Phi) is 7.70. The summed E-state index contributed by atoms with van der Waals surface area (Å²) in [5, 5.41) is 6.65. The van der Waals surface area contributed by atoms with Gasteiger partial charge in [-0.05, 0) is 37.5 Å². The number of rotatable bonds is 10. The SMILES string of the molecule is CCCCOc1ccc(OCCC)c(NCC2=C(C)C3C(N)=NC(N)NC3N=C2)c1. The molecule has 0 spiro atoms. The van der Waals surface area contributed by atoms with Crippen LogP contribution < -0.4 is 31.6 Å². The maximum atomic E-state index is 6.16. The number of benzene rings is 1. The average Bonchev–Trinajstić information content (AvgIpc) is 2.72. The van der Waals surface area contributed by atoms with Crippen LogP contribution in [-0.4, -0.2) is 44.3 Å². The maximum absolute atomic E-state index is 6.16. The van der Waals surface area contributed by atoms with Crippen LogP contribution in [0, 0.1) is 5.92 Å². The Hall–Kier alpha value is -2.58. The molecular weight excluding hydrogens is 380 g/mol. The summed E-state index contributed by atoms with van der Waals surface area (Å²) in [4.78, 5) is 8.87. The molecule has 0 saturated heterocycles. The number of nitrogens with zero attached hydrogens (tertiary/aromatic N) is 2. The Labute approximate surface area is 178 Å². The molecule has 8 heteroatoms. The monoisotopic (exact) mass is 414 g/mol. The first-order valence-electron chi connectivity index (χ1n) is 10.7. The van der Waals surface area contributed by atoms with Gasteiger partial charge >= 0.3 is 0 Å². The second kappa shape index (κ2) is 10.4. The third-order valence-electron chi connectivity index (χ3n) is 5.28. The molecule has 0 aliphatic carbocycles. The molecule has 0 fully saturated rings. The molecule has 1 aromatic rings. The zero-order valence-corrected chi connectivity index (χ0v) is 18.1. The van der Waals surface area contributed by atoms with Gasteiger partial charge in [-0.2, -0.15) is 0 Å². The lowest BCUT2D eigenvalue weighted by atomic mass is 9.88. The highest BCUT2D eigenvalue weighted by molar-refractivity contribution is 5.92. The van der Waals surface area contributed by atoms with Crippen molar-refractivity contribution in [3.63, 3.8) is 0 Å². The summed E-state index contributed by atoms with van der Waals surface area (Å²) in [6.45, 7) is 8.28. The number of anilines is 1. The van der Waals surface area contributed by atoms with Crippen molar-refractivity contribution in [2.45, 2.75) is 52.5 Å². The number of amidine groups is 1. The molecule has 0 amide bonds. The molecule has 0 radical (unpaired) electrons. The minimum absolute atomic E-state index is 0.0777. The Balaban J connectivity index is 1.75. The smallest absolute Gasteiger partial charge is 0.154 e. The van der Waals surface area contributed by atoms with Gasteiger partial charge in [0.25, 0.3) is 0 Å². The van der Waals surface area contributed by atoms with Crippen molar-refractivity contribution >= 4 is 17.7 Å². The molecule has 2 aliphatic heterocycles. The molecule has 3 atom stereocenters. The van der Waals surface area contributed by atoms with E-state index in [1.165, 1.54) is 0 Å². The lowest BCUT2D eigenvalue weighted by molar-refractivity contribution is 0.305. The normalized spacial score (nSPS) is 23.1. The number of dihydropyridines is 1. The number of nitrogens with one attached hydrogen (secondary N) is 2. The summed E-state index contributed by atoms with van der Waals surface area (Å²) in [5.74, 6) is 2.09. The summed E-state index contributed by atoms with van der Waals surface area (Å²) < 4.78 is 11.8. The number of ether oxygens (including phenoxy) is 2. The third kappa shape index (κ3) is 5.31. The topological polar surface area (TPSA) is 119 Å². The second-order valence-electron chi connectivity index (χ2n) is 7.64. The first-order valence-corrected chi connectivity index (χ1v) is 10.7. The number of fused-ring (bicyclic) bond motifs is 1. The molecule has 164 valence electrons. The third-order valence-corrected chi connectivity index (χ3v) is 5.28. The summed E-state index contributed by atoms with van der Waals surface area (Å²) in [6.07, 6.45) is 4.29. The quantitative estimate of drug-likeness (QED) is 0.437. The van der Waals surface area contributed by atoms with Gasteiger partial charge in [0.15, 0.2) is 6.29 Å². The maximum Gasteiger partial charge on any atom is 0.154 e. The fraction of sp³-hybridized carbons (Fsp3) is 0.545. The van der Waals surface area contributed by atoms with Crippen LogP contribution in [0.15, 0.2) is 39.3 Å². The fourth-order valence-electron chi connectivity index (χ4n) is 3.56. The molecule has 8 nitrogen and oxygen atoms in total. The summed E-state index contributed by atoms with van der Waals surface area (Å²) in [7, 11) is 0. The van der Waals surface area contributed by atoms with Crippen molar-refractivity contribution in [3.05, 3.63) is 29.3 Å². The molecule has 2 heterocycles. The summed E-state index contributed by atoms with van der Waals surface area (Å²) in [6, 6.07) is 5.91. The highest BCUT2D eigenvalue weighted by Crippen LogP contribution is 2.31. The van der Waals surface area contributed by atoms with Crippen LogP contribution in [0.1, 0.15) is 40.0 Å². The number of nitrogens with two attached hydrogens (primary N) is 2. The molecule has 2 aliphatic rings. The Morgan fingerprint density at radius 1 is 1.17 bits per heavy atom. The number of hydrogen-bond acceptors (Lipinski definition) is 8. The van der Waals surface area contributed by atoms with E-state index < -0.39 is 6.29 Å². The first-order chi connectivity index (χ1) is 14.5. The zero-order valence-electron chi connectivity index (χ0n) is 18.1. The minimum atomic E-state index is -0.510. The lowest BCUT2D eigenvalue weighted by Crippen LogP contribution is -2.55. The highest BCUT2D eigenvalue weighted by atomic mass is 16.5. The first kappa shape index (κ1) is 22.1. The largest absolute Gasteiger partial charge is 0.494 e. The summed E-state index contributed by atoms with van der Waals surface area (Å²) in [5.41, 5.74) is 15.1. The molecular formula is C22H34N6O2. The number of unbranched alkanes of at least 4 members (excludes halogenated alkanes) is 1. The van der Waals surface area contributed by atoms with Crippen LogP contribution in [0.3, 0.4) is 0 Å². The van der Waals surface area contributed by atoms with Gasteiger partial charge < -0.3 is 20.5 Å². The average molecular weight is 415 g/mol.